The molecule has 3 aromatic rings. The van der Waals surface area contributed by atoms with E-state index in [0.717, 1.165) is 22.0 Å². The number of nitrogens with zero attached hydrogens (tertiary/aromatic N) is 3. The SMILES string of the molecule is CCCN1CCC(c2cnc(-c3[nH]nc(-c4ccc(OC)c(OC)c4)c3C(C)C)s2)CC1. The molecule has 0 bridgehead atoms. The van der Waals surface area contributed by atoms with Gasteiger partial charge >= 0.3 is 0 Å². The molecule has 1 fully saturated rings. The molecule has 2 aromatic heterocycles. The molecule has 1 aliphatic heterocycles. The number of benzene rings is 1. The molecule has 0 amide bonds. The van der Waals surface area contributed by atoms with Crippen LogP contribution in [0.15, 0.2) is 24.4 Å². The minimum Gasteiger partial charge on any atom is -0.493 e. The van der Waals surface area contributed by atoms with E-state index in [1.165, 1.54) is 49.3 Å². The molecule has 3 heterocycles. The molecule has 172 valence electrons. The number of hydrogen-bond acceptors (Lipinski definition) is 6. The second-order valence-corrected chi connectivity index (χ2v) is 9.83. The Labute approximate surface area is 195 Å². The average Bonchev–Trinajstić information content (AvgIpc) is 3.47. The average molecular weight is 455 g/mol. The number of methoxy groups -OCH3 is 2. The van der Waals surface area contributed by atoms with Crippen LogP contribution in [0.5, 0.6) is 11.5 Å². The first kappa shape index (κ1) is 22.8. The zero-order valence-electron chi connectivity index (χ0n) is 19.8. The summed E-state index contributed by atoms with van der Waals surface area (Å²) in [7, 11) is 3.31. The van der Waals surface area contributed by atoms with Crippen molar-refractivity contribution in [3.05, 3.63) is 34.8 Å². The number of rotatable bonds is 8. The standard InChI is InChI=1S/C25H34N4O2S/c1-6-11-29-12-9-17(10-13-29)21-15-26-25(32-21)24-22(16(2)3)23(27-28-24)18-7-8-19(30-4)20(14-18)31-5/h7-8,14-17H,6,9-13H2,1-5H3,(H,27,28). The van der Waals surface area contributed by atoms with Crippen molar-refractivity contribution in [1.82, 2.24) is 20.1 Å². The van der Waals surface area contributed by atoms with Gasteiger partial charge in [0.2, 0.25) is 0 Å². The van der Waals surface area contributed by atoms with Crippen LogP contribution in [0.3, 0.4) is 0 Å². The highest BCUT2D eigenvalue weighted by Gasteiger charge is 2.25. The highest BCUT2D eigenvalue weighted by molar-refractivity contribution is 7.15. The minimum atomic E-state index is 0.302. The number of thiazole rings is 1. The van der Waals surface area contributed by atoms with Gasteiger partial charge in [0, 0.05) is 22.2 Å². The Morgan fingerprint density at radius 3 is 2.56 bits per heavy atom. The summed E-state index contributed by atoms with van der Waals surface area (Å²) in [4.78, 5) is 8.80. The predicted molar refractivity (Wildman–Crippen MR) is 131 cm³/mol. The molecular weight excluding hydrogens is 420 g/mol. The Bertz CT molecular complexity index is 1030. The Morgan fingerprint density at radius 1 is 1.16 bits per heavy atom. The van der Waals surface area contributed by atoms with E-state index in [1.54, 1.807) is 14.2 Å². The molecule has 1 N–H and O–H groups in total. The summed E-state index contributed by atoms with van der Waals surface area (Å²) in [5.41, 5.74) is 4.18. The van der Waals surface area contributed by atoms with Crippen LogP contribution in [-0.2, 0) is 0 Å². The van der Waals surface area contributed by atoms with Crippen LogP contribution >= 0.6 is 11.3 Å². The summed E-state index contributed by atoms with van der Waals surface area (Å²) in [6.07, 6.45) is 5.76. The number of nitrogens with one attached hydrogen (secondary N) is 1. The van der Waals surface area contributed by atoms with E-state index in [-0.39, 0.29) is 0 Å². The monoisotopic (exact) mass is 454 g/mol. The fraction of sp³-hybridized carbons (Fsp3) is 0.520. The molecule has 32 heavy (non-hydrogen) atoms. The third kappa shape index (κ3) is 4.55. The van der Waals surface area contributed by atoms with Crippen LogP contribution in [0.4, 0.5) is 0 Å². The van der Waals surface area contributed by atoms with Gasteiger partial charge in [0.25, 0.3) is 0 Å². The quantitative estimate of drug-likeness (QED) is 0.457. The van der Waals surface area contributed by atoms with Crippen LogP contribution in [0.2, 0.25) is 0 Å². The van der Waals surface area contributed by atoms with Crippen molar-refractivity contribution in [2.45, 2.75) is 51.9 Å². The fourth-order valence-corrected chi connectivity index (χ4v) is 5.72. The highest BCUT2D eigenvalue weighted by atomic mass is 32.1. The topological polar surface area (TPSA) is 63.3 Å². The molecule has 0 atom stereocenters. The van der Waals surface area contributed by atoms with Crippen LogP contribution in [-0.4, -0.2) is 53.9 Å². The summed E-state index contributed by atoms with van der Waals surface area (Å²) >= 11 is 1.82. The van der Waals surface area contributed by atoms with Crippen molar-refractivity contribution in [3.63, 3.8) is 0 Å². The Kier molecular flexibility index (Phi) is 7.16. The number of H-pyrrole nitrogens is 1. The number of piperidine rings is 1. The summed E-state index contributed by atoms with van der Waals surface area (Å²) in [6.45, 7) is 10.3. The van der Waals surface area contributed by atoms with E-state index >= 15 is 0 Å². The third-order valence-corrected chi connectivity index (χ3v) is 7.48. The van der Waals surface area contributed by atoms with Crippen molar-refractivity contribution in [3.8, 4) is 33.5 Å². The summed E-state index contributed by atoms with van der Waals surface area (Å²) in [5.74, 6) is 2.34. The van der Waals surface area contributed by atoms with Crippen molar-refractivity contribution < 1.29 is 9.47 Å². The van der Waals surface area contributed by atoms with Crippen LogP contribution in [0, 0.1) is 0 Å². The molecule has 0 aliphatic carbocycles. The van der Waals surface area contributed by atoms with E-state index in [9.17, 15) is 0 Å². The molecular formula is C25H34N4O2S. The Hall–Kier alpha value is -2.38. The molecule has 1 saturated heterocycles. The molecule has 4 rings (SSSR count). The van der Waals surface area contributed by atoms with E-state index in [2.05, 4.69) is 37.0 Å². The maximum atomic E-state index is 5.51. The number of likely N-dealkylation sites (tertiary alicyclic amines) is 1. The smallest absolute Gasteiger partial charge is 0.161 e. The van der Waals surface area contributed by atoms with Gasteiger partial charge in [0.05, 0.1) is 25.6 Å². The molecule has 7 heteroatoms. The first-order chi connectivity index (χ1) is 15.5. The van der Waals surface area contributed by atoms with Crippen molar-refractivity contribution >= 4 is 11.3 Å². The molecule has 1 aliphatic rings. The number of aromatic nitrogens is 3. The lowest BCUT2D eigenvalue weighted by molar-refractivity contribution is 0.214. The second kappa shape index (κ2) is 10.0. The molecule has 6 nitrogen and oxygen atoms in total. The molecule has 0 radical (unpaired) electrons. The third-order valence-electron chi connectivity index (χ3n) is 6.31. The van der Waals surface area contributed by atoms with Crippen molar-refractivity contribution in [2.75, 3.05) is 33.9 Å². The summed E-state index contributed by atoms with van der Waals surface area (Å²) in [5, 5.41) is 9.03. The van der Waals surface area contributed by atoms with Crippen LogP contribution in [0.1, 0.15) is 62.3 Å². The highest BCUT2D eigenvalue weighted by Crippen LogP contribution is 2.41. The van der Waals surface area contributed by atoms with Crippen LogP contribution in [0.25, 0.3) is 22.0 Å². The van der Waals surface area contributed by atoms with Gasteiger partial charge in [0.1, 0.15) is 5.01 Å². The normalized spacial score (nSPS) is 15.4. The molecule has 1 aromatic carbocycles. The van der Waals surface area contributed by atoms with Gasteiger partial charge in [-0.05, 0) is 68.9 Å². The van der Waals surface area contributed by atoms with Crippen molar-refractivity contribution in [2.24, 2.45) is 0 Å². The zero-order chi connectivity index (χ0) is 22.7. The predicted octanol–water partition coefficient (Wildman–Crippen LogP) is 5.93. The van der Waals surface area contributed by atoms with Gasteiger partial charge in [-0.15, -0.1) is 11.3 Å². The number of hydrogen-bond donors (Lipinski definition) is 1. The van der Waals surface area contributed by atoms with Gasteiger partial charge < -0.3 is 14.4 Å². The largest absolute Gasteiger partial charge is 0.493 e. The van der Waals surface area contributed by atoms with Crippen LogP contribution < -0.4 is 9.47 Å². The number of ether oxygens (including phenoxy) is 2. The van der Waals surface area contributed by atoms with Gasteiger partial charge in [-0.25, -0.2) is 4.98 Å². The Balaban J connectivity index is 1.62. The number of aromatic amines is 1. The van der Waals surface area contributed by atoms with Gasteiger partial charge in [-0.2, -0.15) is 5.10 Å². The lowest BCUT2D eigenvalue weighted by Crippen LogP contribution is -2.33. The Morgan fingerprint density at radius 2 is 1.91 bits per heavy atom. The summed E-state index contributed by atoms with van der Waals surface area (Å²) in [6, 6.07) is 5.95. The first-order valence-corrected chi connectivity index (χ1v) is 12.4. The lowest BCUT2D eigenvalue weighted by Gasteiger charge is -2.30. The van der Waals surface area contributed by atoms with E-state index < -0.39 is 0 Å². The van der Waals surface area contributed by atoms with Gasteiger partial charge in [-0.1, -0.05) is 20.8 Å². The van der Waals surface area contributed by atoms with E-state index in [4.69, 9.17) is 19.6 Å². The summed E-state index contributed by atoms with van der Waals surface area (Å²) < 4.78 is 10.9. The maximum Gasteiger partial charge on any atom is 0.161 e. The zero-order valence-corrected chi connectivity index (χ0v) is 20.6. The molecule has 0 unspecified atom stereocenters. The molecule has 0 spiro atoms. The lowest BCUT2D eigenvalue weighted by atomic mass is 9.96. The van der Waals surface area contributed by atoms with Gasteiger partial charge in [-0.3, -0.25) is 5.10 Å². The van der Waals surface area contributed by atoms with Crippen molar-refractivity contribution in [1.29, 1.82) is 0 Å². The fourth-order valence-electron chi connectivity index (χ4n) is 4.63. The van der Waals surface area contributed by atoms with Gasteiger partial charge in [0.15, 0.2) is 11.5 Å². The second-order valence-electron chi connectivity index (χ2n) is 8.77. The van der Waals surface area contributed by atoms with E-state index in [0.29, 0.717) is 23.3 Å². The molecule has 0 saturated carbocycles. The first-order valence-electron chi connectivity index (χ1n) is 11.5. The minimum absolute atomic E-state index is 0.302. The van der Waals surface area contributed by atoms with E-state index in [1.807, 2.05) is 29.5 Å². The maximum absolute atomic E-state index is 5.51.